The molecule has 1 N–H and O–H groups in total. The van der Waals surface area contributed by atoms with Crippen molar-refractivity contribution in [3.8, 4) is 0 Å². The van der Waals surface area contributed by atoms with Gasteiger partial charge in [-0.25, -0.2) is 4.79 Å². The van der Waals surface area contributed by atoms with E-state index in [1.54, 1.807) is 4.90 Å². The Balaban J connectivity index is 1.56. The Labute approximate surface area is 115 Å². The third-order valence-corrected chi connectivity index (χ3v) is 4.80. The van der Waals surface area contributed by atoms with Gasteiger partial charge < -0.3 is 15.1 Å². The second-order valence-electron chi connectivity index (χ2n) is 6.19. The van der Waals surface area contributed by atoms with Gasteiger partial charge in [-0.15, -0.1) is 0 Å². The molecule has 2 unspecified atom stereocenters. The monoisotopic (exact) mass is 264 g/mol. The first kappa shape index (κ1) is 12.8. The zero-order chi connectivity index (χ0) is 13.4. The summed E-state index contributed by atoms with van der Waals surface area (Å²) >= 11 is 0. The minimum Gasteiger partial charge on any atom is -0.361 e. The van der Waals surface area contributed by atoms with E-state index in [9.17, 15) is 4.79 Å². The highest BCUT2D eigenvalue weighted by Crippen LogP contribution is 2.32. The average molecular weight is 264 g/mol. The molecule has 5 nitrogen and oxygen atoms in total. The normalized spacial score (nSPS) is 34.7. The van der Waals surface area contributed by atoms with Crippen molar-refractivity contribution in [1.82, 2.24) is 20.0 Å². The Hall–Kier alpha value is -1.23. The molecule has 2 fully saturated rings. The first-order valence-electron chi connectivity index (χ1n) is 7.31. The number of nitrogens with zero attached hydrogens (tertiary/aromatic N) is 3. The first-order valence-corrected chi connectivity index (χ1v) is 7.31. The number of urea groups is 1. The van der Waals surface area contributed by atoms with Crippen LogP contribution in [0, 0.1) is 0 Å². The van der Waals surface area contributed by atoms with Crippen molar-refractivity contribution in [2.24, 2.45) is 0 Å². The van der Waals surface area contributed by atoms with E-state index in [4.69, 9.17) is 0 Å². The highest BCUT2D eigenvalue weighted by atomic mass is 16.2. The highest BCUT2D eigenvalue weighted by Gasteiger charge is 2.36. The SMILES string of the molecule is CN1C=CN(C(=O)NC2CC3CCCC(C2)N3C)C1. The van der Waals surface area contributed by atoms with Crippen molar-refractivity contribution in [2.75, 3.05) is 20.8 Å². The number of fused-ring (bicyclic) bond motifs is 2. The summed E-state index contributed by atoms with van der Waals surface area (Å²) in [7, 11) is 4.22. The molecule has 2 amide bonds. The number of amides is 2. The average Bonchev–Trinajstić information content (AvgIpc) is 2.77. The van der Waals surface area contributed by atoms with Crippen molar-refractivity contribution in [1.29, 1.82) is 0 Å². The molecule has 3 heterocycles. The van der Waals surface area contributed by atoms with Gasteiger partial charge in [0.25, 0.3) is 0 Å². The summed E-state index contributed by atoms with van der Waals surface area (Å²) in [5.74, 6) is 0. The molecular formula is C14H24N4O. The van der Waals surface area contributed by atoms with E-state index < -0.39 is 0 Å². The van der Waals surface area contributed by atoms with Crippen LogP contribution in [0.4, 0.5) is 4.79 Å². The van der Waals surface area contributed by atoms with Crippen LogP contribution < -0.4 is 5.32 Å². The van der Waals surface area contributed by atoms with Gasteiger partial charge in [-0.2, -0.15) is 0 Å². The molecule has 5 heteroatoms. The zero-order valence-corrected chi connectivity index (χ0v) is 11.9. The molecule has 0 aromatic heterocycles. The fraction of sp³-hybridized carbons (Fsp3) is 0.786. The molecule has 106 valence electrons. The molecule has 0 saturated carbocycles. The molecule has 0 radical (unpaired) electrons. The second kappa shape index (κ2) is 5.04. The lowest BCUT2D eigenvalue weighted by molar-refractivity contribution is 0.0498. The molecule has 2 bridgehead atoms. The van der Waals surface area contributed by atoms with Crippen LogP contribution in [-0.2, 0) is 0 Å². The summed E-state index contributed by atoms with van der Waals surface area (Å²) in [5, 5.41) is 3.21. The molecule has 0 aromatic rings. The third kappa shape index (κ3) is 2.56. The van der Waals surface area contributed by atoms with Gasteiger partial charge in [0.15, 0.2) is 0 Å². The Morgan fingerprint density at radius 2 is 1.84 bits per heavy atom. The molecule has 3 rings (SSSR count). The summed E-state index contributed by atoms with van der Waals surface area (Å²) in [6.45, 7) is 0.658. The van der Waals surface area contributed by atoms with Crippen molar-refractivity contribution < 1.29 is 4.79 Å². The van der Waals surface area contributed by atoms with E-state index in [1.807, 2.05) is 24.3 Å². The van der Waals surface area contributed by atoms with Crippen molar-refractivity contribution in [3.63, 3.8) is 0 Å². The molecule has 2 atom stereocenters. The van der Waals surface area contributed by atoms with E-state index in [0.29, 0.717) is 24.8 Å². The Morgan fingerprint density at radius 1 is 1.16 bits per heavy atom. The standard InChI is InChI=1S/C14H24N4O/c1-16-6-7-18(10-16)14(19)15-11-8-12-4-3-5-13(9-11)17(12)2/h6-7,11-13H,3-5,8-10H2,1-2H3,(H,15,19). The van der Waals surface area contributed by atoms with E-state index >= 15 is 0 Å². The quantitative estimate of drug-likeness (QED) is 0.778. The number of rotatable bonds is 1. The predicted octanol–water partition coefficient (Wildman–Crippen LogP) is 1.39. The maximum Gasteiger partial charge on any atom is 0.323 e. The molecule has 0 spiro atoms. The van der Waals surface area contributed by atoms with Crippen molar-refractivity contribution in [2.45, 2.75) is 50.2 Å². The largest absolute Gasteiger partial charge is 0.361 e. The summed E-state index contributed by atoms with van der Waals surface area (Å²) in [6.07, 6.45) is 9.91. The Kier molecular flexibility index (Phi) is 3.39. The van der Waals surface area contributed by atoms with E-state index in [2.05, 4.69) is 17.3 Å². The molecular weight excluding hydrogens is 240 g/mol. The van der Waals surface area contributed by atoms with E-state index in [1.165, 1.54) is 19.3 Å². The van der Waals surface area contributed by atoms with Gasteiger partial charge in [-0.1, -0.05) is 6.42 Å². The van der Waals surface area contributed by atoms with Gasteiger partial charge in [-0.05, 0) is 32.7 Å². The number of nitrogens with one attached hydrogen (secondary N) is 1. The topological polar surface area (TPSA) is 38.8 Å². The molecule has 0 aromatic carbocycles. The van der Waals surface area contributed by atoms with Crippen LogP contribution in [0.15, 0.2) is 12.4 Å². The summed E-state index contributed by atoms with van der Waals surface area (Å²) in [5.41, 5.74) is 0. The Bertz CT molecular complexity index is 370. The number of hydrogen-bond acceptors (Lipinski definition) is 3. The maximum atomic E-state index is 12.2. The lowest BCUT2D eigenvalue weighted by atomic mass is 9.82. The highest BCUT2D eigenvalue weighted by molar-refractivity contribution is 5.75. The van der Waals surface area contributed by atoms with Gasteiger partial charge in [-0.3, -0.25) is 4.90 Å². The van der Waals surface area contributed by atoms with Crippen LogP contribution >= 0.6 is 0 Å². The van der Waals surface area contributed by atoms with E-state index in [0.717, 1.165) is 12.8 Å². The van der Waals surface area contributed by atoms with Crippen LogP contribution in [-0.4, -0.2) is 59.6 Å². The second-order valence-corrected chi connectivity index (χ2v) is 6.19. The van der Waals surface area contributed by atoms with E-state index in [-0.39, 0.29) is 6.03 Å². The van der Waals surface area contributed by atoms with Gasteiger partial charge in [0.05, 0.1) is 6.67 Å². The lowest BCUT2D eigenvalue weighted by Crippen LogP contribution is -2.56. The number of carbonyl (C=O) groups excluding carboxylic acids is 1. The van der Waals surface area contributed by atoms with Gasteiger partial charge in [0.1, 0.15) is 0 Å². The van der Waals surface area contributed by atoms with Crippen molar-refractivity contribution >= 4 is 6.03 Å². The van der Waals surface area contributed by atoms with Crippen LogP contribution in [0.3, 0.4) is 0 Å². The van der Waals surface area contributed by atoms with Gasteiger partial charge in [0.2, 0.25) is 0 Å². The number of piperidine rings is 2. The van der Waals surface area contributed by atoms with Gasteiger partial charge >= 0.3 is 6.03 Å². The van der Waals surface area contributed by atoms with Crippen LogP contribution in [0.1, 0.15) is 32.1 Å². The summed E-state index contributed by atoms with van der Waals surface area (Å²) in [4.78, 5) is 18.5. The summed E-state index contributed by atoms with van der Waals surface area (Å²) < 4.78 is 0. The van der Waals surface area contributed by atoms with Gasteiger partial charge in [0, 0.05) is 37.6 Å². The smallest absolute Gasteiger partial charge is 0.323 e. The van der Waals surface area contributed by atoms with Crippen LogP contribution in [0.25, 0.3) is 0 Å². The number of carbonyl (C=O) groups is 1. The lowest BCUT2D eigenvalue weighted by Gasteiger charge is -2.47. The fourth-order valence-corrected chi connectivity index (χ4v) is 3.65. The minimum atomic E-state index is 0.0493. The molecule has 0 aliphatic carbocycles. The number of hydrogen-bond donors (Lipinski definition) is 1. The summed E-state index contributed by atoms with van der Waals surface area (Å²) in [6, 6.07) is 1.72. The molecule has 3 aliphatic rings. The molecule has 2 saturated heterocycles. The van der Waals surface area contributed by atoms with Crippen LogP contribution in [0.2, 0.25) is 0 Å². The Morgan fingerprint density at radius 3 is 2.42 bits per heavy atom. The predicted molar refractivity (Wildman–Crippen MR) is 74.4 cm³/mol. The van der Waals surface area contributed by atoms with Crippen molar-refractivity contribution in [3.05, 3.63) is 12.4 Å². The first-order chi connectivity index (χ1) is 9.13. The van der Waals surface area contributed by atoms with Crippen LogP contribution in [0.5, 0.6) is 0 Å². The fourth-order valence-electron chi connectivity index (χ4n) is 3.65. The third-order valence-electron chi connectivity index (χ3n) is 4.80. The molecule has 3 aliphatic heterocycles. The molecule has 19 heavy (non-hydrogen) atoms. The maximum absolute atomic E-state index is 12.2. The zero-order valence-electron chi connectivity index (χ0n) is 11.9. The minimum absolute atomic E-state index is 0.0493.